The van der Waals surface area contributed by atoms with Crippen molar-refractivity contribution in [2.24, 2.45) is 0 Å². The molecule has 0 bridgehead atoms. The number of carbonyl (C=O) groups is 1. The zero-order valence-corrected chi connectivity index (χ0v) is 18.0. The number of carbonyl (C=O) groups excluding carboxylic acids is 1. The second-order valence-corrected chi connectivity index (χ2v) is 7.95. The number of benzene rings is 3. The molecule has 29 heavy (non-hydrogen) atoms. The van der Waals surface area contributed by atoms with Crippen LogP contribution in [0.5, 0.6) is 5.75 Å². The summed E-state index contributed by atoms with van der Waals surface area (Å²) in [6.45, 7) is 4.10. The van der Waals surface area contributed by atoms with Crippen LogP contribution in [0, 0.1) is 6.92 Å². The summed E-state index contributed by atoms with van der Waals surface area (Å²) >= 11 is 1.69. The van der Waals surface area contributed by atoms with E-state index in [1.165, 1.54) is 5.56 Å². The van der Waals surface area contributed by atoms with Gasteiger partial charge in [0.05, 0.1) is 18.7 Å². The first-order valence-corrected chi connectivity index (χ1v) is 10.8. The van der Waals surface area contributed by atoms with Gasteiger partial charge in [0.2, 0.25) is 0 Å². The number of hydrogen-bond acceptors (Lipinski definition) is 3. The Balaban J connectivity index is 1.75. The molecule has 4 heteroatoms. The van der Waals surface area contributed by atoms with Gasteiger partial charge in [0.25, 0.3) is 5.91 Å². The Labute approximate surface area is 177 Å². The average molecular weight is 406 g/mol. The second-order valence-electron chi connectivity index (χ2n) is 6.93. The highest BCUT2D eigenvalue weighted by Gasteiger charge is 2.17. The van der Waals surface area contributed by atoms with E-state index >= 15 is 0 Å². The summed E-state index contributed by atoms with van der Waals surface area (Å²) in [6, 6.07) is 24.1. The van der Waals surface area contributed by atoms with Crippen LogP contribution in [0.15, 0.2) is 77.7 Å². The van der Waals surface area contributed by atoms with Crippen molar-refractivity contribution in [2.45, 2.75) is 37.0 Å². The minimum Gasteiger partial charge on any atom is -0.496 e. The van der Waals surface area contributed by atoms with E-state index in [0.29, 0.717) is 0 Å². The quantitative estimate of drug-likeness (QED) is 0.455. The Bertz CT molecular complexity index is 956. The molecule has 1 unspecified atom stereocenters. The fourth-order valence-electron chi connectivity index (χ4n) is 3.29. The molecule has 0 fully saturated rings. The zero-order chi connectivity index (χ0) is 20.6. The van der Waals surface area contributed by atoms with Crippen LogP contribution in [0.2, 0.25) is 0 Å². The van der Waals surface area contributed by atoms with Crippen molar-refractivity contribution in [3.63, 3.8) is 0 Å². The summed E-state index contributed by atoms with van der Waals surface area (Å²) in [4.78, 5) is 14.1. The molecule has 1 amide bonds. The number of ether oxygens (including phenoxy) is 1. The molecule has 1 atom stereocenters. The smallest absolute Gasteiger partial charge is 0.252 e. The molecule has 3 nitrogen and oxygen atoms in total. The third-order valence-electron chi connectivity index (χ3n) is 4.90. The highest BCUT2D eigenvalue weighted by molar-refractivity contribution is 7.98. The molecule has 0 saturated heterocycles. The van der Waals surface area contributed by atoms with Crippen molar-refractivity contribution >= 4 is 17.7 Å². The Hall–Kier alpha value is -2.72. The van der Waals surface area contributed by atoms with Crippen molar-refractivity contribution < 1.29 is 9.53 Å². The van der Waals surface area contributed by atoms with E-state index in [1.54, 1.807) is 18.9 Å². The highest BCUT2D eigenvalue weighted by Crippen LogP contribution is 2.28. The number of nitrogens with one attached hydrogen (secondary N) is 1. The number of rotatable bonds is 8. The third kappa shape index (κ3) is 5.42. The van der Waals surface area contributed by atoms with Crippen LogP contribution < -0.4 is 10.1 Å². The van der Waals surface area contributed by atoms with Gasteiger partial charge in [0.1, 0.15) is 5.75 Å². The van der Waals surface area contributed by atoms with Crippen molar-refractivity contribution in [3.8, 4) is 5.75 Å². The zero-order valence-electron chi connectivity index (χ0n) is 17.1. The van der Waals surface area contributed by atoms with Gasteiger partial charge in [-0.05, 0) is 48.2 Å². The summed E-state index contributed by atoms with van der Waals surface area (Å²) in [5, 5.41) is 3.21. The second kappa shape index (κ2) is 10.2. The normalized spacial score (nSPS) is 11.7. The number of hydrogen-bond donors (Lipinski definition) is 1. The fraction of sp³-hybridized carbons (Fsp3) is 0.240. The van der Waals surface area contributed by atoms with Crippen molar-refractivity contribution in [1.29, 1.82) is 0 Å². The molecule has 150 valence electrons. The minimum absolute atomic E-state index is 0.0403. The summed E-state index contributed by atoms with van der Waals surface area (Å²) in [5.74, 6) is 1.65. The van der Waals surface area contributed by atoms with E-state index in [9.17, 15) is 4.79 Å². The van der Waals surface area contributed by atoms with E-state index in [0.717, 1.165) is 39.5 Å². The maximum Gasteiger partial charge on any atom is 0.252 e. The monoisotopic (exact) mass is 405 g/mol. The Kier molecular flexibility index (Phi) is 7.36. The number of aryl methyl sites for hydroxylation is 1. The molecule has 0 aliphatic heterocycles. The van der Waals surface area contributed by atoms with Crippen LogP contribution in [0.3, 0.4) is 0 Å². The molecule has 0 radical (unpaired) electrons. The van der Waals surface area contributed by atoms with Crippen LogP contribution in [0.25, 0.3) is 0 Å². The lowest BCUT2D eigenvalue weighted by molar-refractivity contribution is 0.0932. The number of amides is 1. The predicted molar refractivity (Wildman–Crippen MR) is 121 cm³/mol. The molecule has 1 N–H and O–H groups in total. The van der Waals surface area contributed by atoms with Crippen molar-refractivity contribution in [3.05, 3.63) is 95.1 Å². The highest BCUT2D eigenvalue weighted by atomic mass is 32.2. The third-order valence-corrected chi connectivity index (χ3v) is 6.05. The Morgan fingerprint density at radius 3 is 2.45 bits per heavy atom. The van der Waals surface area contributed by atoms with E-state index in [2.05, 4.69) is 30.4 Å². The van der Waals surface area contributed by atoms with Crippen LogP contribution in [0.4, 0.5) is 0 Å². The number of thioether (sulfide) groups is 1. The minimum atomic E-state index is -0.0423. The summed E-state index contributed by atoms with van der Waals surface area (Å²) in [5.41, 5.74) is 4.12. The summed E-state index contributed by atoms with van der Waals surface area (Å²) < 4.78 is 5.35. The fourth-order valence-corrected chi connectivity index (χ4v) is 4.30. The molecule has 3 rings (SSSR count). The van der Waals surface area contributed by atoms with E-state index < -0.39 is 0 Å². The molecule has 0 heterocycles. The molecule has 0 spiro atoms. The van der Waals surface area contributed by atoms with E-state index in [-0.39, 0.29) is 11.9 Å². The standard InChI is InChI=1S/C25H27NO2S/c1-4-22(20-14-15-23(28-3)18(2)16-20)26-25(27)21-12-8-9-13-24(21)29-17-19-10-6-5-7-11-19/h5-16,22H,4,17H2,1-3H3,(H,26,27). The van der Waals surface area contributed by atoms with Gasteiger partial charge < -0.3 is 10.1 Å². The van der Waals surface area contributed by atoms with Gasteiger partial charge in [-0.15, -0.1) is 11.8 Å². The number of methoxy groups -OCH3 is 1. The van der Waals surface area contributed by atoms with Gasteiger partial charge >= 0.3 is 0 Å². The average Bonchev–Trinajstić information content (AvgIpc) is 2.76. The maximum atomic E-state index is 13.1. The molecule has 0 aromatic heterocycles. The molecule has 0 aliphatic rings. The van der Waals surface area contributed by atoms with Crippen LogP contribution in [0.1, 0.15) is 46.4 Å². The Morgan fingerprint density at radius 1 is 1.03 bits per heavy atom. The Morgan fingerprint density at radius 2 is 1.76 bits per heavy atom. The predicted octanol–water partition coefficient (Wildman–Crippen LogP) is 6.18. The maximum absolute atomic E-state index is 13.1. The molecule has 0 saturated carbocycles. The molecule has 0 aliphatic carbocycles. The first-order valence-electron chi connectivity index (χ1n) is 9.83. The van der Waals surface area contributed by atoms with Crippen LogP contribution in [-0.2, 0) is 5.75 Å². The van der Waals surface area contributed by atoms with Gasteiger partial charge in [-0.3, -0.25) is 4.79 Å². The van der Waals surface area contributed by atoms with Gasteiger partial charge in [0, 0.05) is 10.6 Å². The van der Waals surface area contributed by atoms with E-state index in [4.69, 9.17) is 4.74 Å². The van der Waals surface area contributed by atoms with Crippen LogP contribution in [-0.4, -0.2) is 13.0 Å². The lowest BCUT2D eigenvalue weighted by Crippen LogP contribution is -2.28. The topological polar surface area (TPSA) is 38.3 Å². The first kappa shape index (κ1) is 21.0. The molecular weight excluding hydrogens is 378 g/mol. The van der Waals surface area contributed by atoms with Gasteiger partial charge in [-0.25, -0.2) is 0 Å². The summed E-state index contributed by atoms with van der Waals surface area (Å²) in [6.07, 6.45) is 0.816. The molecular formula is C25H27NO2S. The van der Waals surface area contributed by atoms with Crippen molar-refractivity contribution in [1.82, 2.24) is 5.32 Å². The van der Waals surface area contributed by atoms with Crippen LogP contribution >= 0.6 is 11.8 Å². The lowest BCUT2D eigenvalue weighted by atomic mass is 10.0. The first-order chi connectivity index (χ1) is 14.1. The van der Waals surface area contributed by atoms with Crippen molar-refractivity contribution in [2.75, 3.05) is 7.11 Å². The van der Waals surface area contributed by atoms with Gasteiger partial charge in [-0.2, -0.15) is 0 Å². The molecule has 3 aromatic carbocycles. The lowest BCUT2D eigenvalue weighted by Gasteiger charge is -2.20. The van der Waals surface area contributed by atoms with Gasteiger partial charge in [0.15, 0.2) is 0 Å². The largest absolute Gasteiger partial charge is 0.496 e. The molecule has 3 aromatic rings. The van der Waals surface area contributed by atoms with Gasteiger partial charge in [-0.1, -0.05) is 61.5 Å². The summed E-state index contributed by atoms with van der Waals surface area (Å²) in [7, 11) is 1.67. The SMILES string of the molecule is CCC(NC(=O)c1ccccc1SCc1ccccc1)c1ccc(OC)c(C)c1. The van der Waals surface area contributed by atoms with E-state index in [1.807, 2.05) is 61.5 Å².